The molecular formula is C24H17FN4O2S4. The highest BCUT2D eigenvalue weighted by molar-refractivity contribution is 8.01. The number of carbonyl (C=O) groups excluding carboxylic acids is 2. The highest BCUT2D eigenvalue weighted by Gasteiger charge is 2.13. The van der Waals surface area contributed by atoms with Crippen LogP contribution < -0.4 is 10.6 Å². The van der Waals surface area contributed by atoms with Crippen molar-refractivity contribution in [3.8, 4) is 0 Å². The first-order valence-electron chi connectivity index (χ1n) is 10.3. The summed E-state index contributed by atoms with van der Waals surface area (Å²) in [7, 11) is 0. The largest absolute Gasteiger partial charge is 0.325 e. The highest BCUT2D eigenvalue weighted by atomic mass is 32.2. The first kappa shape index (κ1) is 23.7. The van der Waals surface area contributed by atoms with Crippen LogP contribution in [-0.4, -0.2) is 33.8 Å². The standard InChI is InChI=1S/C24H17FN4O2S4/c1-32-23-28-17-8-6-13(10-19(17)34-23)26-21(30)12-33-24-29-18-9-7-14(11-20(18)35-24)27-22(31)15-4-2-3-5-16(15)25/h2-11H,12H2,1H3,(H,26,30)(H,27,31). The van der Waals surface area contributed by atoms with Crippen LogP contribution in [0.3, 0.4) is 0 Å². The van der Waals surface area contributed by atoms with Crippen molar-refractivity contribution in [3.05, 3.63) is 72.0 Å². The zero-order chi connectivity index (χ0) is 24.4. The Bertz CT molecular complexity index is 1570. The second-order valence-electron chi connectivity index (χ2n) is 7.30. The summed E-state index contributed by atoms with van der Waals surface area (Å²) in [5.41, 5.74) is 2.96. The van der Waals surface area contributed by atoms with Gasteiger partial charge in [0.1, 0.15) is 5.82 Å². The summed E-state index contributed by atoms with van der Waals surface area (Å²) in [6.45, 7) is 0. The summed E-state index contributed by atoms with van der Waals surface area (Å²) in [4.78, 5) is 33.9. The molecule has 5 rings (SSSR count). The molecule has 2 N–H and O–H groups in total. The second-order valence-corrected chi connectivity index (χ2v) is 11.6. The lowest BCUT2D eigenvalue weighted by Crippen LogP contribution is -2.13. The van der Waals surface area contributed by atoms with Crippen LogP contribution in [0.15, 0.2) is 69.3 Å². The molecule has 0 fully saturated rings. The number of aromatic nitrogens is 2. The number of thiazole rings is 2. The number of fused-ring (bicyclic) bond motifs is 2. The Morgan fingerprint density at radius 1 is 0.886 bits per heavy atom. The van der Waals surface area contributed by atoms with E-state index in [0.29, 0.717) is 5.69 Å². The third kappa shape index (κ3) is 5.48. The minimum atomic E-state index is -0.572. The lowest BCUT2D eigenvalue weighted by molar-refractivity contribution is -0.113. The van der Waals surface area contributed by atoms with Gasteiger partial charge in [0.2, 0.25) is 5.91 Å². The van der Waals surface area contributed by atoms with E-state index in [1.165, 1.54) is 41.3 Å². The Morgan fingerprint density at radius 3 is 2.20 bits per heavy atom. The van der Waals surface area contributed by atoms with Gasteiger partial charge in [0.15, 0.2) is 8.68 Å². The predicted molar refractivity (Wildman–Crippen MR) is 145 cm³/mol. The molecule has 0 aliphatic rings. The first-order valence-corrected chi connectivity index (χ1v) is 14.2. The van der Waals surface area contributed by atoms with Crippen LogP contribution in [0.5, 0.6) is 0 Å². The normalized spacial score (nSPS) is 11.1. The monoisotopic (exact) mass is 540 g/mol. The van der Waals surface area contributed by atoms with Crippen LogP contribution in [0, 0.1) is 5.82 Å². The van der Waals surface area contributed by atoms with Crippen LogP contribution in [0.25, 0.3) is 20.4 Å². The van der Waals surface area contributed by atoms with Crippen molar-refractivity contribution in [2.75, 3.05) is 22.6 Å². The lowest BCUT2D eigenvalue weighted by atomic mass is 10.2. The third-order valence-corrected chi connectivity index (χ3v) is 9.06. The lowest BCUT2D eigenvalue weighted by Gasteiger charge is -2.05. The highest BCUT2D eigenvalue weighted by Crippen LogP contribution is 2.32. The number of halogens is 1. The van der Waals surface area contributed by atoms with E-state index in [2.05, 4.69) is 20.6 Å². The van der Waals surface area contributed by atoms with Crippen molar-refractivity contribution in [3.63, 3.8) is 0 Å². The van der Waals surface area contributed by atoms with Gasteiger partial charge in [-0.15, -0.1) is 22.7 Å². The summed E-state index contributed by atoms with van der Waals surface area (Å²) in [6.07, 6.45) is 1.99. The van der Waals surface area contributed by atoms with E-state index in [-0.39, 0.29) is 17.2 Å². The number of hydrogen-bond donors (Lipinski definition) is 2. The summed E-state index contributed by atoms with van der Waals surface area (Å²) in [6, 6.07) is 16.8. The van der Waals surface area contributed by atoms with Crippen LogP contribution in [0.1, 0.15) is 10.4 Å². The van der Waals surface area contributed by atoms with E-state index in [1.807, 2.05) is 24.5 Å². The van der Waals surface area contributed by atoms with Gasteiger partial charge in [-0.1, -0.05) is 35.7 Å². The quantitative estimate of drug-likeness (QED) is 0.222. The van der Waals surface area contributed by atoms with Crippen molar-refractivity contribution in [2.45, 2.75) is 8.68 Å². The van der Waals surface area contributed by atoms with Gasteiger partial charge in [-0.25, -0.2) is 14.4 Å². The summed E-state index contributed by atoms with van der Waals surface area (Å²) >= 11 is 5.98. The van der Waals surface area contributed by atoms with Crippen molar-refractivity contribution in [2.24, 2.45) is 0 Å². The van der Waals surface area contributed by atoms with E-state index in [0.717, 1.165) is 34.8 Å². The minimum absolute atomic E-state index is 0.0154. The molecule has 2 heterocycles. The van der Waals surface area contributed by atoms with Gasteiger partial charge in [0.25, 0.3) is 5.91 Å². The number of nitrogens with one attached hydrogen (secondary N) is 2. The molecular weight excluding hydrogens is 524 g/mol. The molecule has 11 heteroatoms. The molecule has 0 unspecified atom stereocenters. The van der Waals surface area contributed by atoms with Crippen molar-refractivity contribution in [1.82, 2.24) is 9.97 Å². The van der Waals surface area contributed by atoms with Gasteiger partial charge in [-0.3, -0.25) is 9.59 Å². The van der Waals surface area contributed by atoms with Crippen LogP contribution >= 0.6 is 46.2 Å². The fourth-order valence-corrected chi connectivity index (χ4v) is 6.72. The smallest absolute Gasteiger partial charge is 0.258 e. The number of rotatable bonds is 7. The Labute approximate surface area is 216 Å². The van der Waals surface area contributed by atoms with E-state index in [9.17, 15) is 14.0 Å². The third-order valence-electron chi connectivity index (χ3n) is 4.90. The topological polar surface area (TPSA) is 84.0 Å². The van der Waals surface area contributed by atoms with Gasteiger partial charge >= 0.3 is 0 Å². The second kappa shape index (κ2) is 10.3. The molecule has 2 aromatic heterocycles. The number of amides is 2. The number of benzene rings is 3. The number of nitrogens with zero attached hydrogens (tertiary/aromatic N) is 2. The first-order chi connectivity index (χ1) is 17.0. The Kier molecular flexibility index (Phi) is 7.00. The molecule has 5 aromatic rings. The van der Waals surface area contributed by atoms with Crippen LogP contribution in [-0.2, 0) is 4.79 Å². The molecule has 0 radical (unpaired) electrons. The van der Waals surface area contributed by atoms with Gasteiger partial charge in [0, 0.05) is 11.4 Å². The zero-order valence-electron chi connectivity index (χ0n) is 18.2. The Balaban J connectivity index is 1.21. The maximum Gasteiger partial charge on any atom is 0.258 e. The molecule has 0 spiro atoms. The van der Waals surface area contributed by atoms with Crippen LogP contribution in [0.2, 0.25) is 0 Å². The summed E-state index contributed by atoms with van der Waals surface area (Å²) in [5.74, 6) is -0.994. The molecule has 35 heavy (non-hydrogen) atoms. The Hall–Kier alpha value is -2.99. The van der Waals surface area contributed by atoms with E-state index in [1.54, 1.807) is 47.4 Å². The van der Waals surface area contributed by atoms with E-state index in [4.69, 9.17) is 0 Å². The molecule has 2 amide bonds. The predicted octanol–water partition coefficient (Wildman–Crippen LogP) is 6.75. The molecule has 0 atom stereocenters. The number of thioether (sulfide) groups is 2. The molecule has 3 aromatic carbocycles. The number of carbonyl (C=O) groups is 2. The summed E-state index contributed by atoms with van der Waals surface area (Å²) in [5, 5.41) is 5.65. The molecule has 0 aliphatic carbocycles. The fourth-order valence-electron chi connectivity index (χ4n) is 3.28. The van der Waals surface area contributed by atoms with E-state index < -0.39 is 11.7 Å². The average molecular weight is 541 g/mol. The number of hydrogen-bond acceptors (Lipinski definition) is 8. The Morgan fingerprint density at radius 2 is 1.51 bits per heavy atom. The fraction of sp³-hybridized carbons (Fsp3) is 0.0833. The van der Waals surface area contributed by atoms with Crippen molar-refractivity contribution >= 4 is 89.8 Å². The van der Waals surface area contributed by atoms with Gasteiger partial charge in [0.05, 0.1) is 31.7 Å². The molecule has 6 nitrogen and oxygen atoms in total. The molecule has 0 saturated carbocycles. The number of anilines is 2. The molecule has 0 aliphatic heterocycles. The maximum atomic E-state index is 13.9. The van der Waals surface area contributed by atoms with Crippen molar-refractivity contribution in [1.29, 1.82) is 0 Å². The maximum absolute atomic E-state index is 13.9. The average Bonchev–Trinajstić information content (AvgIpc) is 3.45. The molecule has 0 bridgehead atoms. The van der Waals surface area contributed by atoms with Crippen molar-refractivity contribution < 1.29 is 14.0 Å². The van der Waals surface area contributed by atoms with Crippen LogP contribution in [0.4, 0.5) is 15.8 Å². The van der Waals surface area contributed by atoms with E-state index >= 15 is 0 Å². The van der Waals surface area contributed by atoms with Gasteiger partial charge < -0.3 is 10.6 Å². The van der Waals surface area contributed by atoms with Gasteiger partial charge in [-0.2, -0.15) is 0 Å². The zero-order valence-corrected chi connectivity index (χ0v) is 21.5. The van der Waals surface area contributed by atoms with Gasteiger partial charge in [-0.05, 0) is 54.8 Å². The minimum Gasteiger partial charge on any atom is -0.325 e. The summed E-state index contributed by atoms with van der Waals surface area (Å²) < 4.78 is 17.5. The SMILES string of the molecule is CSc1nc2ccc(NC(=O)CSc3nc4ccc(NC(=O)c5ccccc5F)cc4s3)cc2s1. The molecule has 176 valence electrons. The molecule has 0 saturated heterocycles.